The van der Waals surface area contributed by atoms with E-state index in [9.17, 15) is 18.4 Å². The molecule has 0 atom stereocenters. The van der Waals surface area contributed by atoms with Gasteiger partial charge in [-0.1, -0.05) is 12.1 Å². The minimum atomic E-state index is -0.676. The van der Waals surface area contributed by atoms with Crippen LogP contribution in [0.25, 0.3) is 15.9 Å². The molecule has 0 aliphatic carbocycles. The number of esters is 1. The van der Waals surface area contributed by atoms with E-state index in [4.69, 9.17) is 4.74 Å². The number of benzene rings is 2. The summed E-state index contributed by atoms with van der Waals surface area (Å²) in [6.45, 7) is 1.25. The maximum Gasteiger partial charge on any atom is 0.348 e. The number of aromatic nitrogens is 2. The van der Waals surface area contributed by atoms with Crippen LogP contribution in [0.15, 0.2) is 54.6 Å². The van der Waals surface area contributed by atoms with Gasteiger partial charge in [-0.2, -0.15) is 5.10 Å². The molecule has 2 aromatic heterocycles. The van der Waals surface area contributed by atoms with Crippen LogP contribution in [0.3, 0.4) is 0 Å². The van der Waals surface area contributed by atoms with Crippen LogP contribution in [0.5, 0.6) is 0 Å². The lowest BCUT2D eigenvalue weighted by atomic mass is 10.3. The zero-order chi connectivity index (χ0) is 21.3. The summed E-state index contributed by atoms with van der Waals surface area (Å²) in [5.74, 6) is -2.27. The largest absolute Gasteiger partial charge is 0.451 e. The van der Waals surface area contributed by atoms with Gasteiger partial charge >= 0.3 is 5.97 Å². The van der Waals surface area contributed by atoms with Crippen LogP contribution in [-0.2, 0) is 9.53 Å². The monoisotopic (exact) mass is 427 g/mol. The van der Waals surface area contributed by atoms with Crippen LogP contribution in [0.2, 0.25) is 0 Å². The van der Waals surface area contributed by atoms with Crippen molar-refractivity contribution in [1.82, 2.24) is 9.78 Å². The smallest absolute Gasteiger partial charge is 0.348 e. The van der Waals surface area contributed by atoms with Crippen molar-refractivity contribution in [3.63, 3.8) is 0 Å². The van der Waals surface area contributed by atoms with Gasteiger partial charge in [0.15, 0.2) is 6.61 Å². The molecule has 0 spiro atoms. The lowest BCUT2D eigenvalue weighted by Crippen LogP contribution is -2.21. The first-order valence-corrected chi connectivity index (χ1v) is 9.70. The molecule has 0 saturated carbocycles. The minimum absolute atomic E-state index is 0.00965. The van der Waals surface area contributed by atoms with Gasteiger partial charge in [0.1, 0.15) is 21.3 Å². The maximum atomic E-state index is 13.6. The van der Waals surface area contributed by atoms with Crippen LogP contribution in [0.1, 0.15) is 15.4 Å². The number of amides is 1. The number of nitrogens with one attached hydrogen (secondary N) is 1. The summed E-state index contributed by atoms with van der Waals surface area (Å²) in [4.78, 5) is 25.3. The lowest BCUT2D eigenvalue weighted by molar-refractivity contribution is -0.119. The number of aryl methyl sites for hydroxylation is 1. The van der Waals surface area contributed by atoms with Crippen LogP contribution in [0, 0.1) is 18.6 Å². The molecule has 0 aliphatic heterocycles. The second kappa shape index (κ2) is 8.03. The first-order valence-electron chi connectivity index (χ1n) is 8.89. The van der Waals surface area contributed by atoms with E-state index in [1.807, 2.05) is 0 Å². The molecule has 4 aromatic rings. The van der Waals surface area contributed by atoms with Crippen LogP contribution in [-0.4, -0.2) is 28.3 Å². The molecule has 0 saturated heterocycles. The third kappa shape index (κ3) is 3.92. The molecule has 4 rings (SSSR count). The third-order valence-electron chi connectivity index (χ3n) is 4.30. The molecule has 2 heterocycles. The number of rotatable bonds is 5. The summed E-state index contributed by atoms with van der Waals surface area (Å²) in [6.07, 6.45) is 0. The summed E-state index contributed by atoms with van der Waals surface area (Å²) in [5.41, 5.74) is 1.36. The standard InChI is InChI=1S/C21H15F2N3O3S/c1-12-15-10-18(30-20(15)26(25-12)14-8-6-13(22)7-9-14)21(28)29-11-19(27)24-17-5-3-2-4-16(17)23/h2-10H,11H2,1H3,(H,24,27). The highest BCUT2D eigenvalue weighted by Crippen LogP contribution is 2.30. The SMILES string of the molecule is Cc1nn(-c2ccc(F)cc2)c2sc(C(=O)OCC(=O)Nc3ccccc3F)cc12. The summed E-state index contributed by atoms with van der Waals surface area (Å²) in [6, 6.07) is 13.2. The number of thiophene rings is 1. The molecule has 0 radical (unpaired) electrons. The van der Waals surface area contributed by atoms with E-state index < -0.39 is 24.3 Å². The summed E-state index contributed by atoms with van der Waals surface area (Å²) < 4.78 is 33.5. The molecule has 6 nitrogen and oxygen atoms in total. The number of para-hydroxylation sites is 1. The number of carbonyl (C=O) groups excluding carboxylic acids is 2. The molecule has 0 bridgehead atoms. The van der Waals surface area contributed by atoms with Crippen LogP contribution in [0.4, 0.5) is 14.5 Å². The van der Waals surface area contributed by atoms with Gasteiger partial charge in [0.25, 0.3) is 5.91 Å². The highest BCUT2D eigenvalue weighted by Gasteiger charge is 2.19. The first kappa shape index (κ1) is 19.7. The number of anilines is 1. The fourth-order valence-corrected chi connectivity index (χ4v) is 3.93. The number of hydrogen-bond acceptors (Lipinski definition) is 5. The van der Waals surface area contributed by atoms with Crippen molar-refractivity contribution in [2.45, 2.75) is 6.92 Å². The predicted octanol–water partition coefficient (Wildman–Crippen LogP) is 4.47. The first-order chi connectivity index (χ1) is 14.4. The molecular formula is C21H15F2N3O3S. The number of ether oxygens (including phenoxy) is 1. The number of carbonyl (C=O) groups is 2. The Hall–Kier alpha value is -3.59. The quantitative estimate of drug-likeness (QED) is 0.477. The molecule has 9 heteroatoms. The maximum absolute atomic E-state index is 13.6. The molecule has 152 valence electrons. The van der Waals surface area contributed by atoms with Gasteiger partial charge in [0.2, 0.25) is 0 Å². The van der Waals surface area contributed by atoms with E-state index >= 15 is 0 Å². The predicted molar refractivity (Wildman–Crippen MR) is 109 cm³/mol. The van der Waals surface area contributed by atoms with Crippen molar-refractivity contribution in [2.24, 2.45) is 0 Å². The van der Waals surface area contributed by atoms with Gasteiger partial charge in [-0.25, -0.2) is 18.3 Å². The average molecular weight is 427 g/mol. The van der Waals surface area contributed by atoms with Crippen molar-refractivity contribution in [3.05, 3.63) is 76.8 Å². The topological polar surface area (TPSA) is 73.2 Å². The molecule has 30 heavy (non-hydrogen) atoms. The van der Waals surface area contributed by atoms with E-state index in [1.165, 1.54) is 30.3 Å². The van der Waals surface area contributed by atoms with Crippen molar-refractivity contribution in [3.8, 4) is 5.69 Å². The second-order valence-electron chi connectivity index (χ2n) is 6.41. The number of nitrogens with zero attached hydrogens (tertiary/aromatic N) is 2. The lowest BCUT2D eigenvalue weighted by Gasteiger charge is -2.06. The third-order valence-corrected chi connectivity index (χ3v) is 5.39. The highest BCUT2D eigenvalue weighted by atomic mass is 32.1. The fourth-order valence-electron chi connectivity index (χ4n) is 2.86. The van der Waals surface area contributed by atoms with Gasteiger partial charge in [-0.3, -0.25) is 4.79 Å². The van der Waals surface area contributed by atoms with Crippen molar-refractivity contribution in [2.75, 3.05) is 11.9 Å². The molecule has 2 aromatic carbocycles. The summed E-state index contributed by atoms with van der Waals surface area (Å²) >= 11 is 1.15. The molecule has 1 amide bonds. The number of hydrogen-bond donors (Lipinski definition) is 1. The van der Waals surface area contributed by atoms with E-state index in [2.05, 4.69) is 10.4 Å². The van der Waals surface area contributed by atoms with Gasteiger partial charge in [-0.15, -0.1) is 11.3 Å². The Morgan fingerprint density at radius 3 is 2.60 bits per heavy atom. The van der Waals surface area contributed by atoms with E-state index in [0.717, 1.165) is 16.7 Å². The Kier molecular flexibility index (Phi) is 5.28. The summed E-state index contributed by atoms with van der Waals surface area (Å²) in [7, 11) is 0. The molecular weight excluding hydrogens is 412 g/mol. The Bertz CT molecular complexity index is 1250. The molecule has 0 unspecified atom stereocenters. The molecule has 1 N–H and O–H groups in total. The van der Waals surface area contributed by atoms with E-state index in [-0.39, 0.29) is 11.5 Å². The van der Waals surface area contributed by atoms with Gasteiger partial charge in [0.05, 0.1) is 17.1 Å². The molecule has 0 fully saturated rings. The Morgan fingerprint density at radius 2 is 1.87 bits per heavy atom. The normalized spacial score (nSPS) is 10.9. The Balaban J connectivity index is 1.48. The van der Waals surface area contributed by atoms with Gasteiger partial charge in [0, 0.05) is 5.39 Å². The van der Waals surface area contributed by atoms with Crippen molar-refractivity contribution in [1.29, 1.82) is 0 Å². The van der Waals surface area contributed by atoms with Crippen LogP contribution >= 0.6 is 11.3 Å². The van der Waals surface area contributed by atoms with Crippen molar-refractivity contribution >= 4 is 39.1 Å². The highest BCUT2D eigenvalue weighted by molar-refractivity contribution is 7.20. The zero-order valence-electron chi connectivity index (χ0n) is 15.7. The van der Waals surface area contributed by atoms with Gasteiger partial charge in [-0.05, 0) is 49.4 Å². The van der Waals surface area contributed by atoms with E-state index in [1.54, 1.807) is 35.9 Å². The molecule has 0 aliphatic rings. The number of fused-ring (bicyclic) bond motifs is 1. The number of halogens is 2. The Morgan fingerprint density at radius 1 is 1.13 bits per heavy atom. The van der Waals surface area contributed by atoms with E-state index in [0.29, 0.717) is 21.1 Å². The Labute approximate surface area is 173 Å². The second-order valence-corrected chi connectivity index (χ2v) is 7.44. The zero-order valence-corrected chi connectivity index (χ0v) is 16.5. The summed E-state index contributed by atoms with van der Waals surface area (Å²) in [5, 5.41) is 7.54. The average Bonchev–Trinajstić information content (AvgIpc) is 3.29. The minimum Gasteiger partial charge on any atom is -0.451 e. The van der Waals surface area contributed by atoms with Crippen LogP contribution < -0.4 is 5.32 Å². The fraction of sp³-hybridized carbons (Fsp3) is 0.0952. The van der Waals surface area contributed by atoms with Gasteiger partial charge < -0.3 is 10.1 Å². The van der Waals surface area contributed by atoms with Crippen molar-refractivity contribution < 1.29 is 23.1 Å².